The molecule has 2 aliphatic heterocycles. The number of benzene rings is 1. The van der Waals surface area contributed by atoms with Gasteiger partial charge in [-0.1, -0.05) is 12.1 Å². The number of nitrogens with one attached hydrogen (secondary N) is 1. The van der Waals surface area contributed by atoms with Crippen molar-refractivity contribution in [2.24, 2.45) is 0 Å². The van der Waals surface area contributed by atoms with Crippen molar-refractivity contribution in [3.8, 4) is 0 Å². The molecule has 0 radical (unpaired) electrons. The molecule has 2 amide bonds. The molecule has 25 heavy (non-hydrogen) atoms. The van der Waals surface area contributed by atoms with E-state index in [2.05, 4.69) is 5.32 Å². The molecular formula is C19H26N2O4. The molecule has 1 N–H and O–H groups in total. The van der Waals surface area contributed by atoms with Gasteiger partial charge in [-0.2, -0.15) is 0 Å². The van der Waals surface area contributed by atoms with Crippen molar-refractivity contribution in [1.29, 1.82) is 0 Å². The maximum atomic E-state index is 12.6. The summed E-state index contributed by atoms with van der Waals surface area (Å²) < 4.78 is 11.6. The van der Waals surface area contributed by atoms with Gasteiger partial charge >= 0.3 is 6.09 Å². The molecule has 0 bridgehead atoms. The van der Waals surface area contributed by atoms with E-state index in [1.165, 1.54) is 0 Å². The van der Waals surface area contributed by atoms with Crippen LogP contribution in [0.5, 0.6) is 0 Å². The maximum absolute atomic E-state index is 12.6. The number of amides is 2. The van der Waals surface area contributed by atoms with E-state index in [1.54, 1.807) is 4.90 Å². The Morgan fingerprint density at radius 3 is 2.76 bits per heavy atom. The third-order valence-corrected chi connectivity index (χ3v) is 4.52. The average Bonchev–Trinajstić information content (AvgIpc) is 2.86. The summed E-state index contributed by atoms with van der Waals surface area (Å²) in [6, 6.07) is 5.72. The molecule has 0 saturated carbocycles. The summed E-state index contributed by atoms with van der Waals surface area (Å²) in [7, 11) is 0. The third-order valence-electron chi connectivity index (χ3n) is 4.52. The summed E-state index contributed by atoms with van der Waals surface area (Å²) in [6.45, 7) is 10.9. The van der Waals surface area contributed by atoms with Crippen LogP contribution in [0, 0.1) is 0 Å². The maximum Gasteiger partial charge on any atom is 0.410 e. The molecule has 0 aromatic heterocycles. The number of carbonyl (C=O) groups excluding carboxylic acids is 2. The van der Waals surface area contributed by atoms with Gasteiger partial charge in [-0.3, -0.25) is 9.69 Å². The summed E-state index contributed by atoms with van der Waals surface area (Å²) >= 11 is 0. The molecule has 0 spiro atoms. The Hall–Kier alpha value is -2.08. The van der Waals surface area contributed by atoms with Crippen molar-refractivity contribution in [3.63, 3.8) is 0 Å². The highest BCUT2D eigenvalue weighted by atomic mass is 16.6. The van der Waals surface area contributed by atoms with Crippen molar-refractivity contribution in [2.75, 3.05) is 13.2 Å². The zero-order chi connectivity index (χ0) is 18.4. The van der Waals surface area contributed by atoms with Gasteiger partial charge in [0, 0.05) is 12.1 Å². The van der Waals surface area contributed by atoms with Gasteiger partial charge in [0.15, 0.2) is 0 Å². The minimum atomic E-state index is -0.541. The van der Waals surface area contributed by atoms with Crippen LogP contribution in [0.2, 0.25) is 0 Å². The minimum Gasteiger partial charge on any atom is -0.444 e. The second-order valence-electron chi connectivity index (χ2n) is 8.30. The van der Waals surface area contributed by atoms with E-state index >= 15 is 0 Å². The Morgan fingerprint density at radius 2 is 2.08 bits per heavy atom. The first kappa shape index (κ1) is 17.7. The van der Waals surface area contributed by atoms with Crippen molar-refractivity contribution in [3.05, 3.63) is 34.9 Å². The molecule has 1 fully saturated rings. The fourth-order valence-electron chi connectivity index (χ4n) is 3.14. The standard InChI is InChI=1S/C19H26N2O4/c1-18(2,3)25-17(23)21-10-15(24-11-19(21,4)5)12-6-7-14-13(8-12)9-20-16(14)22/h6-8,15H,9-11H2,1-5H3,(H,20,22). The first-order valence-electron chi connectivity index (χ1n) is 8.60. The molecule has 6 nitrogen and oxygen atoms in total. The van der Waals surface area contributed by atoms with Gasteiger partial charge in [0.05, 0.1) is 18.7 Å². The van der Waals surface area contributed by atoms with Crippen molar-refractivity contribution in [1.82, 2.24) is 10.2 Å². The summed E-state index contributed by atoms with van der Waals surface area (Å²) in [5.41, 5.74) is 1.68. The highest BCUT2D eigenvalue weighted by Crippen LogP contribution is 2.33. The van der Waals surface area contributed by atoms with Crippen LogP contribution in [-0.4, -0.2) is 41.2 Å². The first-order chi connectivity index (χ1) is 11.6. The lowest BCUT2D eigenvalue weighted by Crippen LogP contribution is -2.57. The smallest absolute Gasteiger partial charge is 0.410 e. The van der Waals surface area contributed by atoms with E-state index in [4.69, 9.17) is 9.47 Å². The number of ether oxygens (including phenoxy) is 2. The average molecular weight is 346 g/mol. The second-order valence-corrected chi connectivity index (χ2v) is 8.30. The molecule has 2 aliphatic rings. The first-order valence-corrected chi connectivity index (χ1v) is 8.60. The molecule has 6 heteroatoms. The predicted molar refractivity (Wildman–Crippen MR) is 93.3 cm³/mol. The summed E-state index contributed by atoms with van der Waals surface area (Å²) in [4.78, 5) is 26.1. The number of fused-ring (bicyclic) bond motifs is 1. The van der Waals surface area contributed by atoms with Crippen LogP contribution in [0.4, 0.5) is 4.79 Å². The normalized spacial score (nSPS) is 22.4. The monoisotopic (exact) mass is 346 g/mol. The van der Waals surface area contributed by atoms with Crippen molar-refractivity contribution < 1.29 is 19.1 Å². The van der Waals surface area contributed by atoms with Crippen LogP contribution in [-0.2, 0) is 16.0 Å². The zero-order valence-corrected chi connectivity index (χ0v) is 15.5. The van der Waals surface area contributed by atoms with Gasteiger partial charge in [-0.15, -0.1) is 0 Å². The van der Waals surface area contributed by atoms with Gasteiger partial charge in [0.2, 0.25) is 0 Å². The van der Waals surface area contributed by atoms with E-state index in [1.807, 2.05) is 52.8 Å². The molecule has 1 unspecified atom stereocenters. The van der Waals surface area contributed by atoms with Gasteiger partial charge in [-0.25, -0.2) is 4.79 Å². The lowest BCUT2D eigenvalue weighted by molar-refractivity contribution is -0.100. The Labute approximate surface area is 148 Å². The lowest BCUT2D eigenvalue weighted by atomic mass is 9.97. The number of rotatable bonds is 1. The van der Waals surface area contributed by atoms with Crippen LogP contribution in [0.1, 0.15) is 62.2 Å². The van der Waals surface area contributed by atoms with Gasteiger partial charge < -0.3 is 14.8 Å². The Bertz CT molecular complexity index is 706. The molecule has 1 aromatic carbocycles. The van der Waals surface area contributed by atoms with E-state index < -0.39 is 11.1 Å². The van der Waals surface area contributed by atoms with Crippen LogP contribution < -0.4 is 5.32 Å². The van der Waals surface area contributed by atoms with Crippen LogP contribution >= 0.6 is 0 Å². The Balaban J connectivity index is 1.81. The zero-order valence-electron chi connectivity index (χ0n) is 15.5. The van der Waals surface area contributed by atoms with E-state index in [0.717, 1.165) is 11.1 Å². The third kappa shape index (κ3) is 3.63. The van der Waals surface area contributed by atoms with E-state index in [9.17, 15) is 9.59 Å². The molecular weight excluding hydrogens is 320 g/mol. The van der Waals surface area contributed by atoms with Crippen molar-refractivity contribution in [2.45, 2.75) is 58.4 Å². The molecule has 1 aromatic rings. The summed E-state index contributed by atoms with van der Waals surface area (Å²) in [6.07, 6.45) is -0.564. The highest BCUT2D eigenvalue weighted by molar-refractivity contribution is 5.98. The number of carbonyl (C=O) groups is 2. The van der Waals surface area contributed by atoms with Crippen LogP contribution in [0.25, 0.3) is 0 Å². The number of nitrogens with zero attached hydrogens (tertiary/aromatic N) is 1. The Morgan fingerprint density at radius 1 is 1.36 bits per heavy atom. The molecule has 2 heterocycles. The van der Waals surface area contributed by atoms with Gasteiger partial charge in [0.25, 0.3) is 5.91 Å². The van der Waals surface area contributed by atoms with Gasteiger partial charge in [0.1, 0.15) is 11.7 Å². The lowest BCUT2D eigenvalue weighted by Gasteiger charge is -2.45. The summed E-state index contributed by atoms with van der Waals surface area (Å²) in [5.74, 6) is -0.0392. The Kier molecular flexibility index (Phi) is 4.27. The fourth-order valence-corrected chi connectivity index (χ4v) is 3.14. The largest absolute Gasteiger partial charge is 0.444 e. The van der Waals surface area contributed by atoms with E-state index in [-0.39, 0.29) is 18.1 Å². The molecule has 0 aliphatic carbocycles. The second kappa shape index (κ2) is 6.02. The summed E-state index contributed by atoms with van der Waals surface area (Å²) in [5, 5.41) is 2.82. The number of hydrogen-bond acceptors (Lipinski definition) is 4. The molecule has 1 atom stereocenters. The molecule has 136 valence electrons. The van der Waals surface area contributed by atoms with Crippen LogP contribution in [0.3, 0.4) is 0 Å². The topological polar surface area (TPSA) is 67.9 Å². The highest BCUT2D eigenvalue weighted by Gasteiger charge is 2.40. The van der Waals surface area contributed by atoms with Crippen LogP contribution in [0.15, 0.2) is 18.2 Å². The molecule has 3 rings (SSSR count). The fraction of sp³-hybridized carbons (Fsp3) is 0.579. The predicted octanol–water partition coefficient (Wildman–Crippen LogP) is 3.02. The minimum absolute atomic E-state index is 0.0392. The number of hydrogen-bond donors (Lipinski definition) is 1. The van der Waals surface area contributed by atoms with Crippen molar-refractivity contribution >= 4 is 12.0 Å². The molecule has 1 saturated heterocycles. The quantitative estimate of drug-likeness (QED) is 0.849. The van der Waals surface area contributed by atoms with Gasteiger partial charge in [-0.05, 0) is 51.8 Å². The SMILES string of the molecule is CC(C)(C)OC(=O)N1CC(c2ccc3c(c2)CNC3=O)OCC1(C)C. The van der Waals surface area contributed by atoms with E-state index in [0.29, 0.717) is 25.3 Å². The number of morpholine rings is 1.